The largest absolute Gasteiger partial charge is 0.271 e. The summed E-state index contributed by atoms with van der Waals surface area (Å²) >= 11 is 3.57. The number of hydrazine groups is 1. The zero-order valence-electron chi connectivity index (χ0n) is 11.4. The Morgan fingerprint density at radius 3 is 2.53 bits per heavy atom. The highest BCUT2D eigenvalue weighted by atomic mass is 79.9. The van der Waals surface area contributed by atoms with Gasteiger partial charge in [0.05, 0.1) is 22.4 Å². The molecule has 0 amide bonds. The van der Waals surface area contributed by atoms with E-state index in [1.165, 1.54) is 16.7 Å². The fourth-order valence-electron chi connectivity index (χ4n) is 2.49. The molecule has 5 heteroatoms. The van der Waals surface area contributed by atoms with Crippen molar-refractivity contribution >= 4 is 15.9 Å². The van der Waals surface area contributed by atoms with Crippen molar-refractivity contribution in [3.63, 3.8) is 0 Å². The third-order valence-electron chi connectivity index (χ3n) is 3.40. The van der Waals surface area contributed by atoms with Crippen molar-refractivity contribution in [3.8, 4) is 0 Å². The maximum Gasteiger partial charge on any atom is 0.0894 e. The minimum absolute atomic E-state index is 0.0713. The Balaban J connectivity index is 2.59. The van der Waals surface area contributed by atoms with Crippen LogP contribution in [0.25, 0.3) is 0 Å². The molecule has 2 aromatic rings. The van der Waals surface area contributed by atoms with Gasteiger partial charge in [-0.25, -0.2) is 5.43 Å². The lowest BCUT2D eigenvalue weighted by atomic mass is 9.94. The molecule has 0 aliphatic carbocycles. The van der Waals surface area contributed by atoms with E-state index in [-0.39, 0.29) is 6.04 Å². The van der Waals surface area contributed by atoms with Crippen LogP contribution in [-0.4, -0.2) is 9.78 Å². The molecule has 1 aromatic carbocycles. The molecule has 0 aliphatic heterocycles. The summed E-state index contributed by atoms with van der Waals surface area (Å²) in [6.07, 6.45) is 1.82. The van der Waals surface area contributed by atoms with Crippen LogP contribution in [0.3, 0.4) is 0 Å². The van der Waals surface area contributed by atoms with Crippen LogP contribution in [0.2, 0.25) is 0 Å². The van der Waals surface area contributed by atoms with Crippen LogP contribution in [0.15, 0.2) is 28.9 Å². The monoisotopic (exact) mass is 322 g/mol. The Hall–Kier alpha value is -1.17. The van der Waals surface area contributed by atoms with Gasteiger partial charge in [0.25, 0.3) is 0 Å². The van der Waals surface area contributed by atoms with Gasteiger partial charge in [0.15, 0.2) is 0 Å². The number of nitrogens with one attached hydrogen (secondary N) is 1. The molecule has 0 spiro atoms. The van der Waals surface area contributed by atoms with E-state index in [4.69, 9.17) is 5.84 Å². The summed E-state index contributed by atoms with van der Waals surface area (Å²) in [6.45, 7) is 7.09. The molecule has 0 saturated heterocycles. The van der Waals surface area contributed by atoms with Gasteiger partial charge in [-0.3, -0.25) is 10.5 Å². The molecule has 102 valence electrons. The average Bonchev–Trinajstić information content (AvgIpc) is 2.75. The lowest BCUT2D eigenvalue weighted by Gasteiger charge is -2.22. The van der Waals surface area contributed by atoms with E-state index < -0.39 is 0 Å². The van der Waals surface area contributed by atoms with Gasteiger partial charge in [0.2, 0.25) is 0 Å². The molecule has 1 heterocycles. The normalized spacial score (nSPS) is 12.7. The highest BCUT2D eigenvalue weighted by Crippen LogP contribution is 2.31. The van der Waals surface area contributed by atoms with E-state index in [1.54, 1.807) is 0 Å². The lowest BCUT2D eigenvalue weighted by Crippen LogP contribution is -2.32. The maximum atomic E-state index is 5.81. The predicted molar refractivity (Wildman–Crippen MR) is 80.7 cm³/mol. The second-order valence-electron chi connectivity index (χ2n) is 4.60. The van der Waals surface area contributed by atoms with Crippen molar-refractivity contribution in [2.24, 2.45) is 5.84 Å². The van der Waals surface area contributed by atoms with Gasteiger partial charge in [-0.05, 0) is 53.4 Å². The summed E-state index contributed by atoms with van der Waals surface area (Å²) in [4.78, 5) is 0. The van der Waals surface area contributed by atoms with E-state index in [0.717, 1.165) is 16.7 Å². The van der Waals surface area contributed by atoms with Crippen molar-refractivity contribution in [2.75, 3.05) is 0 Å². The second kappa shape index (κ2) is 5.86. The Bertz CT molecular complexity index is 557. The van der Waals surface area contributed by atoms with E-state index in [1.807, 2.05) is 10.9 Å². The highest BCUT2D eigenvalue weighted by molar-refractivity contribution is 9.10. The minimum atomic E-state index is -0.0713. The third kappa shape index (κ3) is 2.59. The third-order valence-corrected chi connectivity index (χ3v) is 4.01. The van der Waals surface area contributed by atoms with Gasteiger partial charge in [-0.2, -0.15) is 5.10 Å². The molecule has 4 nitrogen and oxygen atoms in total. The number of benzene rings is 1. The molecule has 1 atom stereocenters. The van der Waals surface area contributed by atoms with Crippen LogP contribution >= 0.6 is 15.9 Å². The number of halogens is 1. The van der Waals surface area contributed by atoms with Crippen molar-refractivity contribution in [3.05, 3.63) is 51.3 Å². The van der Waals surface area contributed by atoms with E-state index in [2.05, 4.69) is 65.4 Å². The van der Waals surface area contributed by atoms with Gasteiger partial charge in [0.1, 0.15) is 0 Å². The number of aromatic nitrogens is 2. The average molecular weight is 323 g/mol. The summed E-state index contributed by atoms with van der Waals surface area (Å²) in [5.74, 6) is 5.81. The van der Waals surface area contributed by atoms with Crippen LogP contribution in [0.1, 0.15) is 35.3 Å². The van der Waals surface area contributed by atoms with E-state index in [9.17, 15) is 0 Å². The van der Waals surface area contributed by atoms with E-state index in [0.29, 0.717) is 0 Å². The van der Waals surface area contributed by atoms with Crippen LogP contribution < -0.4 is 11.3 Å². The summed E-state index contributed by atoms with van der Waals surface area (Å²) in [5.41, 5.74) is 7.64. The van der Waals surface area contributed by atoms with Crippen LogP contribution in [-0.2, 0) is 6.54 Å². The first-order valence-electron chi connectivity index (χ1n) is 6.33. The first-order chi connectivity index (χ1) is 9.10. The topological polar surface area (TPSA) is 55.9 Å². The van der Waals surface area contributed by atoms with Crippen LogP contribution in [0, 0.1) is 13.8 Å². The summed E-state index contributed by atoms with van der Waals surface area (Å²) in [5, 5.41) is 4.36. The predicted octanol–water partition coefficient (Wildman–Crippen LogP) is 2.84. The van der Waals surface area contributed by atoms with E-state index >= 15 is 0 Å². The molecule has 0 radical (unpaired) electrons. The van der Waals surface area contributed by atoms with Crippen LogP contribution in [0.5, 0.6) is 0 Å². The number of nitrogens with zero attached hydrogens (tertiary/aromatic N) is 2. The Kier molecular flexibility index (Phi) is 4.39. The van der Waals surface area contributed by atoms with Gasteiger partial charge >= 0.3 is 0 Å². The van der Waals surface area contributed by atoms with Gasteiger partial charge in [-0.1, -0.05) is 18.2 Å². The van der Waals surface area contributed by atoms with Crippen LogP contribution in [0.4, 0.5) is 0 Å². The molecule has 0 fully saturated rings. The number of rotatable bonds is 4. The first kappa shape index (κ1) is 14.2. The first-order valence-corrected chi connectivity index (χ1v) is 7.12. The molecular weight excluding hydrogens is 304 g/mol. The molecule has 3 N–H and O–H groups in total. The number of hydrogen-bond donors (Lipinski definition) is 2. The zero-order chi connectivity index (χ0) is 14.0. The molecular formula is C14H19BrN4. The fourth-order valence-corrected chi connectivity index (χ4v) is 3.02. The Labute approximate surface area is 122 Å². The van der Waals surface area contributed by atoms with Crippen molar-refractivity contribution < 1.29 is 0 Å². The summed E-state index contributed by atoms with van der Waals surface area (Å²) in [6, 6.07) is 6.20. The highest BCUT2D eigenvalue weighted by Gasteiger charge is 2.23. The van der Waals surface area contributed by atoms with Crippen molar-refractivity contribution in [2.45, 2.75) is 33.4 Å². The number of nitrogens with two attached hydrogens (primary N) is 1. The van der Waals surface area contributed by atoms with Crippen molar-refractivity contribution in [1.29, 1.82) is 0 Å². The van der Waals surface area contributed by atoms with Crippen molar-refractivity contribution in [1.82, 2.24) is 15.2 Å². The lowest BCUT2D eigenvalue weighted by molar-refractivity contribution is 0.539. The van der Waals surface area contributed by atoms with Gasteiger partial charge in [0, 0.05) is 6.54 Å². The molecule has 2 rings (SSSR count). The maximum absolute atomic E-state index is 5.81. The molecule has 1 unspecified atom stereocenters. The fraction of sp³-hybridized carbons (Fsp3) is 0.357. The smallest absolute Gasteiger partial charge is 0.0894 e. The molecule has 0 saturated carbocycles. The van der Waals surface area contributed by atoms with Gasteiger partial charge < -0.3 is 0 Å². The Morgan fingerprint density at radius 2 is 2.00 bits per heavy atom. The number of aryl methyl sites for hydroxylation is 3. The standard InChI is InChI=1S/C14H19BrN4/c1-4-19-14(11(15)8-17-19)13(18-16)12-9(2)6-5-7-10(12)3/h5-8,13,18H,4,16H2,1-3H3. The summed E-state index contributed by atoms with van der Waals surface area (Å²) in [7, 11) is 0. The van der Waals surface area contributed by atoms with Gasteiger partial charge in [-0.15, -0.1) is 0 Å². The quantitative estimate of drug-likeness (QED) is 0.672. The number of hydrogen-bond acceptors (Lipinski definition) is 3. The molecule has 1 aromatic heterocycles. The Morgan fingerprint density at radius 1 is 1.37 bits per heavy atom. The molecule has 0 bridgehead atoms. The SMILES string of the molecule is CCn1ncc(Br)c1C(NN)c1c(C)cccc1C. The zero-order valence-corrected chi connectivity index (χ0v) is 13.0. The molecule has 19 heavy (non-hydrogen) atoms. The minimum Gasteiger partial charge on any atom is -0.271 e. The second-order valence-corrected chi connectivity index (χ2v) is 5.45. The molecule has 0 aliphatic rings. The summed E-state index contributed by atoms with van der Waals surface area (Å²) < 4.78 is 2.93.